The van der Waals surface area contributed by atoms with Crippen LogP contribution in [-0.4, -0.2) is 36.7 Å². The van der Waals surface area contributed by atoms with E-state index in [2.05, 4.69) is 4.98 Å². The molecule has 1 saturated carbocycles. The number of methoxy groups -OCH3 is 2. The van der Waals surface area contributed by atoms with Crippen LogP contribution in [0.25, 0.3) is 11.3 Å². The Morgan fingerprint density at radius 2 is 1.80 bits per heavy atom. The topological polar surface area (TPSA) is 77.9 Å². The van der Waals surface area contributed by atoms with Gasteiger partial charge in [0.1, 0.15) is 17.3 Å². The molecule has 0 aliphatic heterocycles. The minimum Gasteiger partial charge on any atom is -0.494 e. The molecule has 1 aromatic heterocycles. The van der Waals surface area contributed by atoms with Gasteiger partial charge in [-0.2, -0.15) is 0 Å². The van der Waals surface area contributed by atoms with E-state index in [1.807, 2.05) is 0 Å². The molecule has 4 rings (SSSR count). The average Bonchev–Trinajstić information content (AvgIpc) is 3.71. The molecule has 1 atom stereocenters. The van der Waals surface area contributed by atoms with Gasteiger partial charge in [0.2, 0.25) is 0 Å². The number of ketones is 1. The number of Topliss-reactive ketones (excluding diaryl/α,β-unsaturated/α-hetero) is 1. The number of aliphatic hydroxyl groups is 1. The highest BCUT2D eigenvalue weighted by molar-refractivity contribution is 5.96. The molecule has 35 heavy (non-hydrogen) atoms. The second-order valence-electron chi connectivity index (χ2n) is 8.85. The zero-order valence-electron chi connectivity index (χ0n) is 20.2. The van der Waals surface area contributed by atoms with Gasteiger partial charge in [-0.1, -0.05) is 0 Å². The molecule has 0 saturated heterocycles. The molecule has 7 heteroatoms. The normalized spacial score (nSPS) is 13.9. The molecule has 3 aromatic rings. The summed E-state index contributed by atoms with van der Waals surface area (Å²) in [5, 5.41) is 10.8. The maximum Gasteiger partial charge on any atom is 0.163 e. The van der Waals surface area contributed by atoms with Gasteiger partial charge in [-0.25, -0.2) is 9.37 Å². The number of hydrogen-bond acceptors (Lipinski definition) is 6. The summed E-state index contributed by atoms with van der Waals surface area (Å²) in [6, 6.07) is 13.2. The minimum absolute atomic E-state index is 0.112. The van der Waals surface area contributed by atoms with Crippen LogP contribution in [0, 0.1) is 18.7 Å². The summed E-state index contributed by atoms with van der Waals surface area (Å²) in [6.45, 7) is 2.33. The third-order valence-electron chi connectivity index (χ3n) is 6.17. The molecule has 184 valence electrons. The van der Waals surface area contributed by atoms with E-state index < -0.39 is 6.10 Å². The number of ether oxygens (including phenoxy) is 3. The Labute approximate surface area is 204 Å². The van der Waals surface area contributed by atoms with E-state index in [1.54, 1.807) is 56.5 Å². The number of aryl methyl sites for hydroxylation is 1. The summed E-state index contributed by atoms with van der Waals surface area (Å²) in [5.74, 6) is 1.86. The van der Waals surface area contributed by atoms with Crippen molar-refractivity contribution in [3.8, 4) is 28.5 Å². The van der Waals surface area contributed by atoms with E-state index in [4.69, 9.17) is 14.2 Å². The molecule has 0 spiro atoms. The third kappa shape index (κ3) is 5.98. The molecule has 0 bridgehead atoms. The Morgan fingerprint density at radius 3 is 2.49 bits per heavy atom. The Bertz CT molecular complexity index is 1210. The van der Waals surface area contributed by atoms with Crippen LogP contribution in [0.5, 0.6) is 17.2 Å². The van der Waals surface area contributed by atoms with Crippen LogP contribution in [0.15, 0.2) is 48.5 Å². The van der Waals surface area contributed by atoms with Crippen molar-refractivity contribution in [1.29, 1.82) is 0 Å². The number of nitrogens with zero attached hydrogens (tertiary/aromatic N) is 1. The maximum absolute atomic E-state index is 13.7. The van der Waals surface area contributed by atoms with Gasteiger partial charge < -0.3 is 19.3 Å². The lowest BCUT2D eigenvalue weighted by Gasteiger charge is -2.15. The number of carbonyl (C=O) groups is 1. The molecule has 0 radical (unpaired) electrons. The molecule has 1 aliphatic carbocycles. The number of aliphatic hydroxyl groups excluding tert-OH is 1. The summed E-state index contributed by atoms with van der Waals surface area (Å²) in [4.78, 5) is 17.4. The van der Waals surface area contributed by atoms with Gasteiger partial charge in [-0.3, -0.25) is 4.79 Å². The molecule has 6 nitrogen and oxygen atoms in total. The summed E-state index contributed by atoms with van der Waals surface area (Å²) in [7, 11) is 3.08. The van der Waals surface area contributed by atoms with Crippen molar-refractivity contribution in [2.45, 2.75) is 38.7 Å². The summed E-state index contributed by atoms with van der Waals surface area (Å²) < 4.78 is 30.3. The molecule has 2 aromatic carbocycles. The molecule has 1 N–H and O–H groups in total. The number of hydrogen-bond donors (Lipinski definition) is 1. The highest BCUT2D eigenvalue weighted by Crippen LogP contribution is 2.34. The monoisotopic (exact) mass is 479 g/mol. The lowest BCUT2D eigenvalue weighted by Crippen LogP contribution is -2.07. The fraction of sp³-hybridized carbons (Fsp3) is 0.357. The van der Waals surface area contributed by atoms with E-state index >= 15 is 0 Å². The van der Waals surface area contributed by atoms with Crippen molar-refractivity contribution >= 4 is 5.78 Å². The van der Waals surface area contributed by atoms with Gasteiger partial charge in [-0.05, 0) is 86.2 Å². The number of benzene rings is 2. The van der Waals surface area contributed by atoms with E-state index in [-0.39, 0.29) is 24.4 Å². The van der Waals surface area contributed by atoms with Crippen molar-refractivity contribution in [3.05, 3.63) is 71.2 Å². The Balaban J connectivity index is 1.44. The van der Waals surface area contributed by atoms with Crippen LogP contribution in [0.2, 0.25) is 0 Å². The quantitative estimate of drug-likeness (QED) is 0.356. The van der Waals surface area contributed by atoms with Crippen molar-refractivity contribution in [3.63, 3.8) is 0 Å². The van der Waals surface area contributed by atoms with Crippen molar-refractivity contribution in [2.75, 3.05) is 20.8 Å². The lowest BCUT2D eigenvalue weighted by atomic mass is 10.0. The van der Waals surface area contributed by atoms with Crippen LogP contribution >= 0.6 is 0 Å². The summed E-state index contributed by atoms with van der Waals surface area (Å²) in [5.41, 5.74) is 2.59. The molecule has 1 unspecified atom stereocenters. The van der Waals surface area contributed by atoms with E-state index in [0.717, 1.165) is 0 Å². The van der Waals surface area contributed by atoms with Gasteiger partial charge in [0.25, 0.3) is 0 Å². The third-order valence-corrected chi connectivity index (χ3v) is 6.17. The molecular weight excluding hydrogens is 449 g/mol. The zero-order valence-corrected chi connectivity index (χ0v) is 20.2. The standard InChI is InChI=1S/C28H30FNO5/c1-17-14-20(6-8-21(17)29)28-26(33-2)13-9-22(30-28)24(32)11-10-23(31)19-7-12-25(27(15-19)34-3)35-16-18-4-5-18/h6-9,12-15,18,24,32H,4-5,10-11,16H2,1-3H3. The molecule has 1 fully saturated rings. The number of halogens is 1. The van der Waals surface area contributed by atoms with Gasteiger partial charge in [-0.15, -0.1) is 0 Å². The van der Waals surface area contributed by atoms with Crippen molar-refractivity contribution < 1.29 is 28.5 Å². The highest BCUT2D eigenvalue weighted by atomic mass is 19.1. The van der Waals surface area contributed by atoms with Gasteiger partial charge in [0, 0.05) is 17.5 Å². The molecule has 0 amide bonds. The number of rotatable bonds is 11. The summed E-state index contributed by atoms with van der Waals surface area (Å²) >= 11 is 0. The minimum atomic E-state index is -0.951. The molecular formula is C28H30FNO5. The van der Waals surface area contributed by atoms with Gasteiger partial charge >= 0.3 is 0 Å². The van der Waals surface area contributed by atoms with Crippen LogP contribution in [0.3, 0.4) is 0 Å². The predicted octanol–water partition coefficient (Wildman–Crippen LogP) is 5.70. The predicted molar refractivity (Wildman–Crippen MR) is 131 cm³/mol. The lowest BCUT2D eigenvalue weighted by molar-refractivity contribution is 0.0937. The highest BCUT2D eigenvalue weighted by Gasteiger charge is 2.23. The SMILES string of the molecule is COc1cc(C(=O)CCC(O)c2ccc(OC)c(-c3ccc(F)c(C)c3)n2)ccc1OCC1CC1. The van der Waals surface area contributed by atoms with Crippen LogP contribution in [0.1, 0.15) is 53.4 Å². The zero-order chi connectivity index (χ0) is 24.9. The van der Waals surface area contributed by atoms with E-state index in [0.29, 0.717) is 57.9 Å². The van der Waals surface area contributed by atoms with Crippen LogP contribution in [-0.2, 0) is 0 Å². The number of pyridine rings is 1. The second-order valence-corrected chi connectivity index (χ2v) is 8.85. The largest absolute Gasteiger partial charge is 0.494 e. The first-order chi connectivity index (χ1) is 16.9. The average molecular weight is 480 g/mol. The number of carbonyl (C=O) groups excluding carboxylic acids is 1. The fourth-order valence-corrected chi connectivity index (χ4v) is 3.82. The van der Waals surface area contributed by atoms with Crippen LogP contribution in [0.4, 0.5) is 4.39 Å². The van der Waals surface area contributed by atoms with Gasteiger partial charge in [0.05, 0.1) is 32.6 Å². The smallest absolute Gasteiger partial charge is 0.163 e. The van der Waals surface area contributed by atoms with E-state index in [1.165, 1.54) is 26.0 Å². The first-order valence-corrected chi connectivity index (χ1v) is 11.7. The Morgan fingerprint density at radius 1 is 1.06 bits per heavy atom. The first-order valence-electron chi connectivity index (χ1n) is 11.7. The molecule has 1 aliphatic rings. The fourth-order valence-electron chi connectivity index (χ4n) is 3.82. The van der Waals surface area contributed by atoms with Gasteiger partial charge in [0.15, 0.2) is 17.3 Å². The Kier molecular flexibility index (Phi) is 7.66. The van der Waals surface area contributed by atoms with Crippen molar-refractivity contribution in [2.24, 2.45) is 5.92 Å². The Hall–Kier alpha value is -3.45. The summed E-state index contributed by atoms with van der Waals surface area (Å²) in [6.07, 6.45) is 1.76. The second kappa shape index (κ2) is 10.9. The number of aromatic nitrogens is 1. The molecule has 1 heterocycles. The van der Waals surface area contributed by atoms with Crippen LogP contribution < -0.4 is 14.2 Å². The first kappa shape index (κ1) is 24.7. The van der Waals surface area contributed by atoms with E-state index in [9.17, 15) is 14.3 Å². The van der Waals surface area contributed by atoms with Crippen molar-refractivity contribution in [1.82, 2.24) is 4.98 Å². The maximum atomic E-state index is 13.7.